The average molecular weight is 278 g/mol. The molecule has 0 aliphatic heterocycles. The highest BCUT2D eigenvalue weighted by atomic mass is 79.9. The normalized spacial score (nSPS) is 12.2. The zero-order valence-electron chi connectivity index (χ0n) is 7.46. The molecule has 0 bridgehead atoms. The van der Waals surface area contributed by atoms with E-state index in [0.717, 1.165) is 0 Å². The number of halogens is 2. The molecule has 0 saturated carbocycles. The first-order valence-corrected chi connectivity index (χ1v) is 5.11. The minimum Gasteiger partial charge on any atom is -0.483 e. The van der Waals surface area contributed by atoms with Crippen molar-refractivity contribution in [2.45, 2.75) is 13.0 Å². The first kappa shape index (κ1) is 11.4. The Morgan fingerprint density at radius 2 is 2.21 bits per heavy atom. The van der Waals surface area contributed by atoms with E-state index in [1.165, 1.54) is 12.1 Å². The van der Waals surface area contributed by atoms with Gasteiger partial charge in [-0.05, 0) is 19.1 Å². The van der Waals surface area contributed by atoms with E-state index in [9.17, 15) is 4.39 Å². The van der Waals surface area contributed by atoms with Crippen LogP contribution >= 0.6 is 28.1 Å². The van der Waals surface area contributed by atoms with E-state index in [1.54, 1.807) is 13.0 Å². The van der Waals surface area contributed by atoms with Crippen molar-refractivity contribution >= 4 is 33.1 Å². The lowest BCUT2D eigenvalue weighted by atomic mass is 10.3. The summed E-state index contributed by atoms with van der Waals surface area (Å²) < 4.78 is 18.8. The zero-order valence-corrected chi connectivity index (χ0v) is 9.86. The van der Waals surface area contributed by atoms with Gasteiger partial charge in [-0.3, -0.25) is 0 Å². The highest BCUT2D eigenvalue weighted by molar-refractivity contribution is 9.10. The molecule has 0 saturated heterocycles. The summed E-state index contributed by atoms with van der Waals surface area (Å²) in [6.07, 6.45) is -0.404. The van der Waals surface area contributed by atoms with Crippen LogP contribution in [0.5, 0.6) is 5.75 Å². The molecule has 2 N–H and O–H groups in total. The molecule has 76 valence electrons. The van der Waals surface area contributed by atoms with Crippen LogP contribution in [0.2, 0.25) is 0 Å². The van der Waals surface area contributed by atoms with E-state index < -0.39 is 6.10 Å². The van der Waals surface area contributed by atoms with Gasteiger partial charge in [-0.1, -0.05) is 28.1 Å². The summed E-state index contributed by atoms with van der Waals surface area (Å²) in [6.45, 7) is 1.71. The number of nitrogens with two attached hydrogens (primary N) is 1. The molecule has 0 radical (unpaired) electrons. The van der Waals surface area contributed by atoms with Crippen LogP contribution in [0.15, 0.2) is 22.7 Å². The van der Waals surface area contributed by atoms with Crippen LogP contribution in [0.1, 0.15) is 6.92 Å². The SMILES string of the molecule is CC(Oc1cc(F)cc(Br)c1)C(N)=S. The molecule has 0 aliphatic rings. The Bertz CT molecular complexity index is 338. The minimum absolute atomic E-state index is 0.241. The summed E-state index contributed by atoms with van der Waals surface area (Å²) in [5.74, 6) is 0.0293. The summed E-state index contributed by atoms with van der Waals surface area (Å²) in [5, 5.41) is 0. The Morgan fingerprint density at radius 1 is 1.57 bits per heavy atom. The van der Waals surface area contributed by atoms with E-state index in [4.69, 9.17) is 22.7 Å². The van der Waals surface area contributed by atoms with Crippen molar-refractivity contribution < 1.29 is 9.13 Å². The number of thiocarbonyl (C=S) groups is 1. The lowest BCUT2D eigenvalue weighted by molar-refractivity contribution is 0.287. The Labute approximate surface area is 95.4 Å². The van der Waals surface area contributed by atoms with Gasteiger partial charge in [0.2, 0.25) is 0 Å². The zero-order chi connectivity index (χ0) is 10.7. The molecular weight excluding hydrogens is 269 g/mol. The third-order valence-corrected chi connectivity index (χ3v) is 2.34. The summed E-state index contributed by atoms with van der Waals surface area (Å²) in [7, 11) is 0. The van der Waals surface area contributed by atoms with Crippen molar-refractivity contribution in [2.24, 2.45) is 5.73 Å². The van der Waals surface area contributed by atoms with Gasteiger partial charge in [0.25, 0.3) is 0 Å². The van der Waals surface area contributed by atoms with E-state index in [1.807, 2.05) is 0 Å². The molecule has 0 heterocycles. The Hall–Kier alpha value is -0.680. The van der Waals surface area contributed by atoms with Gasteiger partial charge in [0.1, 0.15) is 22.7 Å². The quantitative estimate of drug-likeness (QED) is 0.863. The molecule has 0 aromatic heterocycles. The van der Waals surface area contributed by atoms with E-state index in [2.05, 4.69) is 15.9 Å². The summed E-state index contributed by atoms with van der Waals surface area (Å²) >= 11 is 7.89. The summed E-state index contributed by atoms with van der Waals surface area (Å²) in [5.41, 5.74) is 5.36. The van der Waals surface area contributed by atoms with Crippen LogP contribution in [-0.4, -0.2) is 11.1 Å². The van der Waals surface area contributed by atoms with Crippen molar-refractivity contribution in [1.82, 2.24) is 0 Å². The number of hydrogen-bond donors (Lipinski definition) is 1. The van der Waals surface area contributed by atoms with E-state index in [0.29, 0.717) is 10.2 Å². The third kappa shape index (κ3) is 3.23. The van der Waals surface area contributed by atoms with Gasteiger partial charge in [0, 0.05) is 10.5 Å². The fourth-order valence-corrected chi connectivity index (χ4v) is 1.35. The van der Waals surface area contributed by atoms with Crippen LogP contribution in [-0.2, 0) is 0 Å². The first-order chi connectivity index (χ1) is 6.49. The molecule has 1 unspecified atom stereocenters. The minimum atomic E-state index is -0.404. The maximum Gasteiger partial charge on any atom is 0.145 e. The summed E-state index contributed by atoms with van der Waals surface area (Å²) in [6, 6.07) is 4.27. The second-order valence-corrected chi connectivity index (χ2v) is 4.15. The van der Waals surface area contributed by atoms with Crippen LogP contribution in [0.3, 0.4) is 0 Å². The van der Waals surface area contributed by atoms with Crippen LogP contribution in [0, 0.1) is 5.82 Å². The molecule has 0 amide bonds. The lowest BCUT2D eigenvalue weighted by Crippen LogP contribution is -2.28. The van der Waals surface area contributed by atoms with E-state index >= 15 is 0 Å². The van der Waals surface area contributed by atoms with Crippen molar-refractivity contribution in [1.29, 1.82) is 0 Å². The fourth-order valence-electron chi connectivity index (χ4n) is 0.859. The molecule has 0 aliphatic carbocycles. The third-order valence-electron chi connectivity index (χ3n) is 1.55. The Morgan fingerprint density at radius 3 is 2.71 bits per heavy atom. The fraction of sp³-hybridized carbons (Fsp3) is 0.222. The van der Waals surface area contributed by atoms with Crippen LogP contribution in [0.4, 0.5) is 4.39 Å². The molecule has 1 atom stereocenters. The lowest BCUT2D eigenvalue weighted by Gasteiger charge is -2.13. The van der Waals surface area contributed by atoms with Crippen molar-refractivity contribution in [3.63, 3.8) is 0 Å². The van der Waals surface area contributed by atoms with Crippen molar-refractivity contribution in [3.05, 3.63) is 28.5 Å². The predicted octanol–water partition coefficient (Wildman–Crippen LogP) is 2.64. The molecule has 1 aromatic carbocycles. The number of benzene rings is 1. The highest BCUT2D eigenvalue weighted by Crippen LogP contribution is 2.21. The number of hydrogen-bond acceptors (Lipinski definition) is 2. The standard InChI is InChI=1S/C9H9BrFNOS/c1-5(9(12)14)13-8-3-6(10)2-7(11)4-8/h2-5H,1H3,(H2,12,14). The molecule has 0 spiro atoms. The van der Waals surface area contributed by atoms with Gasteiger partial charge in [-0.25, -0.2) is 4.39 Å². The van der Waals surface area contributed by atoms with Crippen molar-refractivity contribution in [3.8, 4) is 5.75 Å². The smallest absolute Gasteiger partial charge is 0.145 e. The van der Waals surface area contributed by atoms with Gasteiger partial charge < -0.3 is 10.5 Å². The maximum absolute atomic E-state index is 12.9. The monoisotopic (exact) mass is 277 g/mol. The molecule has 1 rings (SSSR count). The number of ether oxygens (including phenoxy) is 1. The molecule has 5 heteroatoms. The largest absolute Gasteiger partial charge is 0.483 e. The van der Waals surface area contributed by atoms with Crippen LogP contribution in [0.25, 0.3) is 0 Å². The molecule has 1 aromatic rings. The van der Waals surface area contributed by atoms with E-state index in [-0.39, 0.29) is 10.8 Å². The second-order valence-electron chi connectivity index (χ2n) is 2.77. The Kier molecular flexibility index (Phi) is 3.83. The van der Waals surface area contributed by atoms with Crippen molar-refractivity contribution in [2.75, 3.05) is 0 Å². The van der Waals surface area contributed by atoms with Gasteiger partial charge in [0.05, 0.1) is 0 Å². The number of rotatable bonds is 3. The topological polar surface area (TPSA) is 35.2 Å². The highest BCUT2D eigenvalue weighted by Gasteiger charge is 2.07. The second kappa shape index (κ2) is 4.70. The summed E-state index contributed by atoms with van der Waals surface area (Å²) in [4.78, 5) is 0.241. The van der Waals surface area contributed by atoms with Gasteiger partial charge in [-0.15, -0.1) is 0 Å². The molecule has 2 nitrogen and oxygen atoms in total. The maximum atomic E-state index is 12.9. The van der Waals surface area contributed by atoms with Gasteiger partial charge in [0.15, 0.2) is 0 Å². The molecule has 0 fully saturated rings. The average Bonchev–Trinajstić information content (AvgIpc) is 2.01. The Balaban J connectivity index is 2.81. The van der Waals surface area contributed by atoms with Gasteiger partial charge >= 0.3 is 0 Å². The van der Waals surface area contributed by atoms with Gasteiger partial charge in [-0.2, -0.15) is 0 Å². The van der Waals surface area contributed by atoms with Crippen LogP contribution < -0.4 is 10.5 Å². The molecule has 14 heavy (non-hydrogen) atoms. The predicted molar refractivity (Wildman–Crippen MR) is 61.0 cm³/mol. The molecular formula is C9H9BrFNOS. The first-order valence-electron chi connectivity index (χ1n) is 3.91.